The van der Waals surface area contributed by atoms with Gasteiger partial charge >= 0.3 is 0 Å². The molecular weight excluding hydrogens is 300 g/mol. The maximum Gasteiger partial charge on any atom is 0.230 e. The number of benzene rings is 1. The van der Waals surface area contributed by atoms with E-state index in [2.05, 4.69) is 10.1 Å². The summed E-state index contributed by atoms with van der Waals surface area (Å²) in [7, 11) is 0. The molecule has 0 aliphatic rings. The number of halogens is 3. The lowest BCUT2D eigenvalue weighted by molar-refractivity contribution is 0.439. The number of aromatic nitrogens is 2. The highest BCUT2D eigenvalue weighted by Crippen LogP contribution is 2.38. The Morgan fingerprint density at radius 1 is 1.19 bits per heavy atom. The van der Waals surface area contributed by atoms with Crippen molar-refractivity contribution in [1.82, 2.24) is 10.1 Å². The van der Waals surface area contributed by atoms with E-state index in [1.807, 2.05) is 0 Å². The van der Waals surface area contributed by atoms with Crippen molar-refractivity contribution in [1.29, 1.82) is 0 Å². The molecule has 0 aliphatic carbocycles. The molecule has 2 heterocycles. The van der Waals surface area contributed by atoms with Gasteiger partial charge in [-0.3, -0.25) is 4.98 Å². The fourth-order valence-electron chi connectivity index (χ4n) is 2.00. The predicted molar refractivity (Wildman–Crippen MR) is 74.5 cm³/mol. The number of nitrogens with zero attached hydrogens (tertiary/aromatic N) is 2. The van der Waals surface area contributed by atoms with Crippen molar-refractivity contribution in [2.75, 3.05) is 5.73 Å². The van der Waals surface area contributed by atoms with E-state index in [1.165, 1.54) is 24.4 Å². The van der Waals surface area contributed by atoms with Gasteiger partial charge in [0.2, 0.25) is 5.88 Å². The lowest BCUT2D eigenvalue weighted by Crippen LogP contribution is -1.92. The van der Waals surface area contributed by atoms with E-state index in [9.17, 15) is 8.78 Å². The summed E-state index contributed by atoms with van der Waals surface area (Å²) in [5, 5.41) is 3.70. The first-order chi connectivity index (χ1) is 10.1. The van der Waals surface area contributed by atoms with E-state index in [0.717, 1.165) is 6.20 Å². The molecule has 0 unspecified atom stereocenters. The molecule has 0 fully saturated rings. The van der Waals surface area contributed by atoms with Gasteiger partial charge in [0.1, 0.15) is 17.3 Å². The van der Waals surface area contributed by atoms with E-state index >= 15 is 0 Å². The highest BCUT2D eigenvalue weighted by atomic mass is 35.5. The average Bonchev–Trinajstić information content (AvgIpc) is 2.84. The highest BCUT2D eigenvalue weighted by molar-refractivity contribution is 6.31. The maximum atomic E-state index is 14.2. The van der Waals surface area contributed by atoms with Crippen molar-refractivity contribution < 1.29 is 13.3 Å². The van der Waals surface area contributed by atoms with Crippen molar-refractivity contribution in [2.24, 2.45) is 0 Å². The number of rotatable bonds is 2. The molecule has 0 radical (unpaired) electrons. The fraction of sp³-hybridized carbons (Fsp3) is 0. The minimum Gasteiger partial charge on any atom is -0.367 e. The van der Waals surface area contributed by atoms with E-state index in [-0.39, 0.29) is 27.7 Å². The first-order valence-corrected chi connectivity index (χ1v) is 6.26. The summed E-state index contributed by atoms with van der Waals surface area (Å²) in [5.74, 6) is -1.29. The van der Waals surface area contributed by atoms with Crippen LogP contribution in [-0.4, -0.2) is 10.1 Å². The first kappa shape index (κ1) is 13.5. The average molecular weight is 308 g/mol. The lowest BCUT2D eigenvalue weighted by Gasteiger charge is -2.05. The first-order valence-electron chi connectivity index (χ1n) is 5.88. The van der Waals surface area contributed by atoms with Gasteiger partial charge in [-0.25, -0.2) is 8.78 Å². The Labute approximate surface area is 123 Å². The SMILES string of the molecule is Nc1onc(-c2cncc(F)c2)c1-c1cccc(Cl)c1F. The number of anilines is 1. The zero-order valence-corrected chi connectivity index (χ0v) is 11.2. The highest BCUT2D eigenvalue weighted by Gasteiger charge is 2.21. The van der Waals surface area contributed by atoms with Crippen LogP contribution in [0.15, 0.2) is 41.2 Å². The van der Waals surface area contributed by atoms with Crippen molar-refractivity contribution >= 4 is 17.5 Å². The topological polar surface area (TPSA) is 64.9 Å². The Morgan fingerprint density at radius 2 is 2.00 bits per heavy atom. The Balaban J connectivity index is 2.25. The van der Waals surface area contributed by atoms with Crippen molar-refractivity contribution in [3.05, 3.63) is 53.3 Å². The Hall–Kier alpha value is -2.47. The third kappa shape index (κ3) is 2.34. The molecule has 0 aliphatic heterocycles. The molecule has 3 aromatic rings. The van der Waals surface area contributed by atoms with Crippen LogP contribution in [0.3, 0.4) is 0 Å². The van der Waals surface area contributed by atoms with Crippen LogP contribution in [-0.2, 0) is 0 Å². The zero-order valence-electron chi connectivity index (χ0n) is 10.5. The molecule has 3 rings (SSSR count). The van der Waals surface area contributed by atoms with Crippen LogP contribution in [0.5, 0.6) is 0 Å². The molecule has 1 aromatic carbocycles. The summed E-state index contributed by atoms with van der Waals surface area (Å²) < 4.78 is 32.4. The van der Waals surface area contributed by atoms with E-state index < -0.39 is 11.6 Å². The standard InChI is InChI=1S/C14H8ClF2N3O/c15-10-3-1-2-9(12(10)17)11-13(20-21-14(11)18)7-4-8(16)6-19-5-7/h1-6H,18H2. The van der Waals surface area contributed by atoms with Gasteiger partial charge in [-0.2, -0.15) is 0 Å². The Kier molecular flexibility index (Phi) is 3.31. The van der Waals surface area contributed by atoms with E-state index in [1.54, 1.807) is 6.07 Å². The molecule has 0 bridgehead atoms. The molecular formula is C14H8ClF2N3O. The van der Waals surface area contributed by atoms with Crippen molar-refractivity contribution in [3.63, 3.8) is 0 Å². The Morgan fingerprint density at radius 3 is 2.76 bits per heavy atom. The van der Waals surface area contributed by atoms with Crippen molar-refractivity contribution in [2.45, 2.75) is 0 Å². The zero-order chi connectivity index (χ0) is 15.0. The maximum absolute atomic E-state index is 14.2. The van der Waals surface area contributed by atoms with Crippen LogP contribution in [0.25, 0.3) is 22.4 Å². The molecule has 0 atom stereocenters. The van der Waals surface area contributed by atoms with Gasteiger partial charge in [0.25, 0.3) is 0 Å². The summed E-state index contributed by atoms with van der Waals surface area (Å²) in [5.41, 5.74) is 6.57. The molecule has 2 N–H and O–H groups in total. The molecule has 4 nitrogen and oxygen atoms in total. The predicted octanol–water partition coefficient (Wildman–Crippen LogP) is 3.92. The molecule has 21 heavy (non-hydrogen) atoms. The quantitative estimate of drug-likeness (QED) is 0.779. The number of hydrogen-bond donors (Lipinski definition) is 1. The number of nitrogen functional groups attached to an aromatic ring is 1. The number of hydrogen-bond acceptors (Lipinski definition) is 4. The third-order valence-corrected chi connectivity index (χ3v) is 3.21. The third-order valence-electron chi connectivity index (χ3n) is 2.92. The summed E-state index contributed by atoms with van der Waals surface area (Å²) in [6, 6.07) is 5.67. The fourth-order valence-corrected chi connectivity index (χ4v) is 2.17. The lowest BCUT2D eigenvalue weighted by atomic mass is 10.0. The molecule has 0 saturated carbocycles. The number of nitrogens with two attached hydrogens (primary N) is 1. The number of pyridine rings is 1. The minimum atomic E-state index is -0.653. The second-order valence-corrected chi connectivity index (χ2v) is 4.67. The molecule has 0 spiro atoms. The smallest absolute Gasteiger partial charge is 0.230 e. The largest absolute Gasteiger partial charge is 0.367 e. The molecule has 2 aromatic heterocycles. The van der Waals surface area contributed by atoms with Crippen LogP contribution in [0.2, 0.25) is 5.02 Å². The molecule has 106 valence electrons. The van der Waals surface area contributed by atoms with Gasteiger partial charge < -0.3 is 10.3 Å². The van der Waals surface area contributed by atoms with Gasteiger partial charge in [-0.15, -0.1) is 0 Å². The van der Waals surface area contributed by atoms with Gasteiger partial charge in [-0.05, 0) is 12.1 Å². The van der Waals surface area contributed by atoms with E-state index in [4.69, 9.17) is 21.9 Å². The summed E-state index contributed by atoms with van der Waals surface area (Å²) >= 11 is 5.77. The molecule has 7 heteroatoms. The molecule has 0 amide bonds. The van der Waals surface area contributed by atoms with Crippen molar-refractivity contribution in [3.8, 4) is 22.4 Å². The van der Waals surface area contributed by atoms with Gasteiger partial charge in [0.05, 0.1) is 16.8 Å². The van der Waals surface area contributed by atoms with Crippen LogP contribution in [0.1, 0.15) is 0 Å². The van der Waals surface area contributed by atoms with Gasteiger partial charge in [-0.1, -0.05) is 28.9 Å². The van der Waals surface area contributed by atoms with Crippen LogP contribution >= 0.6 is 11.6 Å². The second-order valence-electron chi connectivity index (χ2n) is 4.26. The van der Waals surface area contributed by atoms with Crippen LogP contribution < -0.4 is 5.73 Å². The van der Waals surface area contributed by atoms with Crippen LogP contribution in [0.4, 0.5) is 14.7 Å². The second kappa shape index (κ2) is 5.14. The molecule has 0 saturated heterocycles. The van der Waals surface area contributed by atoms with Gasteiger partial charge in [0, 0.05) is 17.3 Å². The van der Waals surface area contributed by atoms with Crippen LogP contribution in [0, 0.1) is 11.6 Å². The summed E-state index contributed by atoms with van der Waals surface area (Å²) in [6.45, 7) is 0. The minimum absolute atomic E-state index is 0.0589. The Bertz CT molecular complexity index is 820. The summed E-state index contributed by atoms with van der Waals surface area (Å²) in [6.07, 6.45) is 2.43. The summed E-state index contributed by atoms with van der Waals surface area (Å²) in [4.78, 5) is 3.73. The van der Waals surface area contributed by atoms with E-state index in [0.29, 0.717) is 5.56 Å². The van der Waals surface area contributed by atoms with Gasteiger partial charge in [0.15, 0.2) is 0 Å². The monoisotopic (exact) mass is 307 g/mol. The normalized spacial score (nSPS) is 10.8.